The van der Waals surface area contributed by atoms with Crippen molar-refractivity contribution in [1.82, 2.24) is 4.98 Å². The number of hydrogen-bond acceptors (Lipinski definition) is 3. The number of nitrogens with zero attached hydrogens (tertiary/aromatic N) is 2. The number of aromatic nitrogens is 1. The van der Waals surface area contributed by atoms with Crippen LogP contribution in [0.4, 0.5) is 0 Å². The summed E-state index contributed by atoms with van der Waals surface area (Å²) in [5.41, 5.74) is 5.81. The molecule has 0 amide bonds. The van der Waals surface area contributed by atoms with E-state index in [2.05, 4.69) is 63.6 Å². The van der Waals surface area contributed by atoms with Gasteiger partial charge in [0.25, 0.3) is 0 Å². The molecule has 1 aromatic heterocycles. The molecule has 0 radical (unpaired) electrons. The van der Waals surface area contributed by atoms with Gasteiger partial charge in [0, 0.05) is 35.7 Å². The maximum Gasteiger partial charge on any atom is 0.0719 e. The van der Waals surface area contributed by atoms with E-state index in [4.69, 9.17) is 10.4 Å². The molecule has 1 rings (SSSR count). The Morgan fingerprint density at radius 1 is 1.30 bits per heavy atom. The summed E-state index contributed by atoms with van der Waals surface area (Å²) in [6.45, 7) is 12.5. The highest BCUT2D eigenvalue weighted by molar-refractivity contribution is 6.10. The van der Waals surface area contributed by atoms with Gasteiger partial charge >= 0.3 is 0 Å². The molecule has 0 saturated heterocycles. The van der Waals surface area contributed by atoms with Gasteiger partial charge in [0.05, 0.1) is 11.7 Å². The number of aliphatic imine (C=N–C) groups is 1. The molecule has 27 heavy (non-hydrogen) atoms. The highest BCUT2D eigenvalue weighted by Crippen LogP contribution is 2.19. The Kier molecular flexibility index (Phi) is 10.0. The minimum atomic E-state index is 0.114. The number of allylic oxidation sites excluding steroid dienone is 3. The Hall–Kier alpha value is -2.47. The lowest BCUT2D eigenvalue weighted by atomic mass is 10.00. The van der Waals surface area contributed by atoms with Crippen LogP contribution in [-0.4, -0.2) is 23.0 Å². The summed E-state index contributed by atoms with van der Waals surface area (Å²) in [6, 6.07) is 2.18. The zero-order valence-corrected chi connectivity index (χ0v) is 17.7. The van der Waals surface area contributed by atoms with Gasteiger partial charge in [-0.05, 0) is 51.3 Å². The first-order chi connectivity index (χ1) is 12.9. The topological polar surface area (TPSA) is 49.1 Å². The van der Waals surface area contributed by atoms with Crippen molar-refractivity contribution < 1.29 is 0 Å². The lowest BCUT2D eigenvalue weighted by molar-refractivity contribution is 0.789. The van der Waals surface area contributed by atoms with Crippen LogP contribution in [0.25, 0.3) is 5.57 Å². The van der Waals surface area contributed by atoms with E-state index in [1.54, 1.807) is 0 Å². The second kappa shape index (κ2) is 12.0. The summed E-state index contributed by atoms with van der Waals surface area (Å²) in [4.78, 5) is 9.36. The van der Waals surface area contributed by atoms with Gasteiger partial charge in [0.15, 0.2) is 0 Å². The predicted molar refractivity (Wildman–Crippen MR) is 119 cm³/mol. The van der Waals surface area contributed by atoms with Crippen LogP contribution in [0.5, 0.6) is 0 Å². The van der Waals surface area contributed by atoms with Crippen LogP contribution in [0.15, 0.2) is 35.0 Å². The third-order valence-electron chi connectivity index (χ3n) is 4.24. The van der Waals surface area contributed by atoms with Crippen LogP contribution < -0.4 is 0 Å². The molecule has 0 aliphatic rings. The number of hydrogen-bond donors (Lipinski definition) is 1. The first-order valence-electron chi connectivity index (χ1n) is 9.84. The average molecular weight is 364 g/mol. The second-order valence-electron chi connectivity index (χ2n) is 6.81. The lowest BCUT2D eigenvalue weighted by Gasteiger charge is -2.11. The maximum absolute atomic E-state index is 8.19. The summed E-state index contributed by atoms with van der Waals surface area (Å²) in [7, 11) is 0. The maximum atomic E-state index is 8.19. The Bertz CT molecular complexity index is 782. The fourth-order valence-electron chi connectivity index (χ4n) is 2.64. The highest BCUT2D eigenvalue weighted by atomic mass is 14.8. The van der Waals surface area contributed by atoms with Crippen molar-refractivity contribution in [3.8, 4) is 11.8 Å². The number of rotatable bonds is 8. The van der Waals surface area contributed by atoms with E-state index in [1.165, 1.54) is 5.57 Å². The third kappa shape index (κ3) is 7.35. The largest absolute Gasteiger partial charge is 0.305 e. The van der Waals surface area contributed by atoms with E-state index in [0.29, 0.717) is 5.71 Å². The van der Waals surface area contributed by atoms with Crippen molar-refractivity contribution in [3.63, 3.8) is 0 Å². The lowest BCUT2D eigenvalue weighted by Crippen LogP contribution is -2.05. The highest BCUT2D eigenvalue weighted by Gasteiger charge is 2.10. The van der Waals surface area contributed by atoms with Gasteiger partial charge in [-0.1, -0.05) is 50.7 Å². The van der Waals surface area contributed by atoms with E-state index < -0.39 is 0 Å². The monoisotopic (exact) mass is 363 g/mol. The van der Waals surface area contributed by atoms with Gasteiger partial charge < -0.3 is 5.41 Å². The van der Waals surface area contributed by atoms with Crippen molar-refractivity contribution >= 4 is 17.5 Å². The molecule has 0 aliphatic carbocycles. The zero-order chi connectivity index (χ0) is 20.2. The molecule has 1 atom stereocenters. The molecule has 1 unspecified atom stereocenters. The molecule has 0 saturated carbocycles. The van der Waals surface area contributed by atoms with Crippen molar-refractivity contribution in [2.24, 2.45) is 4.99 Å². The van der Waals surface area contributed by atoms with Crippen LogP contribution >= 0.6 is 0 Å². The summed E-state index contributed by atoms with van der Waals surface area (Å²) in [6.07, 6.45) is 11.3. The number of pyridine rings is 1. The normalized spacial score (nSPS) is 12.1. The van der Waals surface area contributed by atoms with E-state index in [9.17, 15) is 0 Å². The van der Waals surface area contributed by atoms with Crippen molar-refractivity contribution in [2.75, 3.05) is 0 Å². The van der Waals surface area contributed by atoms with Crippen molar-refractivity contribution in [3.05, 3.63) is 46.8 Å². The molecule has 1 aromatic rings. The molecule has 3 nitrogen and oxygen atoms in total. The molecule has 144 valence electrons. The van der Waals surface area contributed by atoms with E-state index in [0.717, 1.165) is 48.1 Å². The fraction of sp³-hybridized carbons (Fsp3) is 0.458. The smallest absolute Gasteiger partial charge is 0.0719 e. The van der Waals surface area contributed by atoms with Crippen LogP contribution in [0.1, 0.15) is 77.1 Å². The summed E-state index contributed by atoms with van der Waals surface area (Å²) >= 11 is 0. The Balaban J connectivity index is 3.09. The number of aryl methyl sites for hydroxylation is 1. The second-order valence-corrected chi connectivity index (χ2v) is 6.81. The van der Waals surface area contributed by atoms with Crippen LogP contribution in [0.2, 0.25) is 0 Å². The number of nitrogens with one attached hydrogen (secondary N) is 1. The third-order valence-corrected chi connectivity index (χ3v) is 4.24. The van der Waals surface area contributed by atoms with E-state index in [-0.39, 0.29) is 6.04 Å². The zero-order valence-electron chi connectivity index (χ0n) is 17.7. The quantitative estimate of drug-likeness (QED) is 0.436. The van der Waals surface area contributed by atoms with Crippen LogP contribution in [0, 0.1) is 24.2 Å². The molecule has 1 heterocycles. The van der Waals surface area contributed by atoms with Gasteiger partial charge in [0.2, 0.25) is 0 Å². The van der Waals surface area contributed by atoms with E-state index >= 15 is 0 Å². The summed E-state index contributed by atoms with van der Waals surface area (Å²) in [5.74, 6) is 6.07. The van der Waals surface area contributed by atoms with E-state index in [1.807, 2.05) is 25.4 Å². The molecule has 1 N–H and O–H groups in total. The minimum absolute atomic E-state index is 0.114. The molecular weight excluding hydrogens is 330 g/mol. The van der Waals surface area contributed by atoms with Gasteiger partial charge in [-0.15, -0.1) is 0 Å². The summed E-state index contributed by atoms with van der Waals surface area (Å²) in [5, 5.41) is 8.19. The molecule has 0 bridgehead atoms. The Labute approximate surface area is 165 Å². The van der Waals surface area contributed by atoms with Gasteiger partial charge in [0.1, 0.15) is 0 Å². The van der Waals surface area contributed by atoms with Crippen molar-refractivity contribution in [1.29, 1.82) is 5.41 Å². The SMILES string of the molecule is CCC#C/C=C\C(CC)N=CC(=C(C)C)c1cc(C)c(C(=N)CCC)cn1. The first-order valence-corrected chi connectivity index (χ1v) is 9.84. The van der Waals surface area contributed by atoms with Gasteiger partial charge in [-0.3, -0.25) is 9.98 Å². The molecule has 0 aliphatic heterocycles. The molecule has 0 spiro atoms. The van der Waals surface area contributed by atoms with Gasteiger partial charge in [-0.25, -0.2) is 0 Å². The molecular formula is C24H33N3. The molecule has 0 aromatic carbocycles. The Morgan fingerprint density at radius 3 is 2.59 bits per heavy atom. The molecule has 0 fully saturated rings. The fourth-order valence-corrected chi connectivity index (χ4v) is 2.64. The summed E-state index contributed by atoms with van der Waals surface area (Å²) < 4.78 is 0. The van der Waals surface area contributed by atoms with Crippen LogP contribution in [-0.2, 0) is 0 Å². The average Bonchev–Trinajstić information content (AvgIpc) is 2.63. The van der Waals surface area contributed by atoms with Crippen LogP contribution in [0.3, 0.4) is 0 Å². The standard InChI is InChI=1S/C24H33N3/c1-7-10-11-12-14-20(9-3)26-16-21(18(4)5)24-15-19(6)22(17-27-24)23(25)13-8-2/h12,14-17,20,25H,7-9,13H2,1-6H3/b14-12-,25-23?,26-16?. The van der Waals surface area contributed by atoms with Gasteiger partial charge in [-0.2, -0.15) is 0 Å². The Morgan fingerprint density at radius 2 is 2.04 bits per heavy atom. The van der Waals surface area contributed by atoms with Crippen molar-refractivity contribution in [2.45, 2.75) is 73.3 Å². The minimum Gasteiger partial charge on any atom is -0.305 e. The first kappa shape index (κ1) is 22.6. The predicted octanol–water partition coefficient (Wildman–Crippen LogP) is 6.17. The molecule has 3 heteroatoms.